The van der Waals surface area contributed by atoms with Crippen LogP contribution in [0.2, 0.25) is 0 Å². The Balaban J connectivity index is 2.51. The fourth-order valence-corrected chi connectivity index (χ4v) is 2.87. The minimum Gasteiger partial charge on any atom is -0.444 e. The maximum absolute atomic E-state index is 12.4. The van der Waals surface area contributed by atoms with E-state index in [1.165, 1.54) is 0 Å². The fourth-order valence-electron chi connectivity index (χ4n) is 2.56. The molecule has 0 bridgehead atoms. The maximum Gasteiger partial charge on any atom is 0.410 e. The van der Waals surface area contributed by atoms with Gasteiger partial charge in [-0.25, -0.2) is 4.79 Å². The van der Waals surface area contributed by atoms with Crippen LogP contribution in [0.15, 0.2) is 0 Å². The van der Waals surface area contributed by atoms with Gasteiger partial charge in [-0.15, -0.1) is 11.6 Å². The number of nitrogens with zero attached hydrogens (tertiary/aromatic N) is 1. The van der Waals surface area contributed by atoms with Gasteiger partial charge >= 0.3 is 6.09 Å². The van der Waals surface area contributed by atoms with Crippen LogP contribution in [-0.2, 0) is 9.53 Å². The Morgan fingerprint density at radius 2 is 1.75 bits per heavy atom. The van der Waals surface area contributed by atoms with E-state index >= 15 is 0 Å². The van der Waals surface area contributed by atoms with E-state index in [2.05, 4.69) is 12.2 Å². The molecule has 1 saturated heterocycles. The van der Waals surface area contributed by atoms with E-state index in [1.807, 2.05) is 34.6 Å². The molecule has 24 heavy (non-hydrogen) atoms. The van der Waals surface area contributed by atoms with Crippen molar-refractivity contribution in [1.29, 1.82) is 0 Å². The molecule has 140 valence electrons. The highest BCUT2D eigenvalue weighted by atomic mass is 35.5. The number of likely N-dealkylation sites (tertiary alicyclic amines) is 1. The third kappa shape index (κ3) is 5.83. The topological polar surface area (TPSA) is 58.6 Å². The number of amides is 2. The number of piperidine rings is 1. The monoisotopic (exact) mass is 360 g/mol. The van der Waals surface area contributed by atoms with Gasteiger partial charge in [0.25, 0.3) is 0 Å². The van der Waals surface area contributed by atoms with Crippen molar-refractivity contribution < 1.29 is 14.3 Å². The number of alkyl halides is 1. The minimum absolute atomic E-state index is 0.00482. The number of hydrogen-bond donors (Lipinski definition) is 1. The van der Waals surface area contributed by atoms with E-state index in [9.17, 15) is 9.59 Å². The summed E-state index contributed by atoms with van der Waals surface area (Å²) in [5.74, 6) is 0.328. The Hall–Kier alpha value is -0.970. The normalized spacial score (nSPS) is 20.2. The third-order valence-corrected chi connectivity index (χ3v) is 5.51. The predicted molar refractivity (Wildman–Crippen MR) is 97.3 cm³/mol. The first-order valence-corrected chi connectivity index (χ1v) is 9.30. The molecule has 0 aromatic carbocycles. The molecule has 1 heterocycles. The SMILES string of the molecule is CCC(C)(CCl)C(=O)NCC1(C)CCN(C(=O)OC(C)(C)C)CC1. The van der Waals surface area contributed by atoms with Crippen LogP contribution in [0.3, 0.4) is 0 Å². The van der Waals surface area contributed by atoms with E-state index in [1.54, 1.807) is 4.90 Å². The Bertz CT molecular complexity index is 448. The highest BCUT2D eigenvalue weighted by Crippen LogP contribution is 2.31. The second-order valence-corrected chi connectivity index (χ2v) is 8.78. The zero-order chi connectivity index (χ0) is 18.6. The van der Waals surface area contributed by atoms with Crippen LogP contribution in [0, 0.1) is 10.8 Å². The van der Waals surface area contributed by atoms with Crippen molar-refractivity contribution in [3.8, 4) is 0 Å². The van der Waals surface area contributed by atoms with Gasteiger partial charge in [-0.2, -0.15) is 0 Å². The molecule has 1 rings (SSSR count). The molecular weight excluding hydrogens is 328 g/mol. The van der Waals surface area contributed by atoms with Gasteiger partial charge in [0.05, 0.1) is 5.41 Å². The molecule has 0 radical (unpaired) electrons. The minimum atomic E-state index is -0.519. The van der Waals surface area contributed by atoms with Crippen molar-refractivity contribution in [2.45, 2.75) is 66.4 Å². The number of nitrogens with one attached hydrogen (secondary N) is 1. The first kappa shape index (κ1) is 21.1. The zero-order valence-corrected chi connectivity index (χ0v) is 16.8. The van der Waals surface area contributed by atoms with Crippen molar-refractivity contribution >= 4 is 23.6 Å². The lowest BCUT2D eigenvalue weighted by Crippen LogP contribution is -2.49. The largest absolute Gasteiger partial charge is 0.444 e. The van der Waals surface area contributed by atoms with Crippen LogP contribution < -0.4 is 5.32 Å². The number of rotatable bonds is 5. The lowest BCUT2D eigenvalue weighted by atomic mass is 9.80. The van der Waals surface area contributed by atoms with E-state index in [0.29, 0.717) is 31.9 Å². The van der Waals surface area contributed by atoms with Gasteiger partial charge in [-0.3, -0.25) is 4.79 Å². The van der Waals surface area contributed by atoms with Crippen LogP contribution >= 0.6 is 11.6 Å². The van der Waals surface area contributed by atoms with Crippen molar-refractivity contribution in [2.75, 3.05) is 25.5 Å². The lowest BCUT2D eigenvalue weighted by molar-refractivity contribution is -0.130. The first-order valence-electron chi connectivity index (χ1n) is 8.77. The third-order valence-electron chi connectivity index (χ3n) is 4.92. The van der Waals surface area contributed by atoms with Gasteiger partial charge in [0.1, 0.15) is 5.60 Å². The van der Waals surface area contributed by atoms with Crippen LogP contribution in [-0.4, -0.2) is 48.0 Å². The van der Waals surface area contributed by atoms with Crippen LogP contribution in [0.4, 0.5) is 4.79 Å². The standard InChI is InChI=1S/C18H33ClN2O3/c1-7-18(6,12-19)14(22)20-13-17(5)8-10-21(11-9-17)15(23)24-16(2,3)4/h7-13H2,1-6H3,(H,20,22). The molecule has 0 aromatic rings. The van der Waals surface area contributed by atoms with Crippen molar-refractivity contribution in [3.63, 3.8) is 0 Å². The summed E-state index contributed by atoms with van der Waals surface area (Å²) in [7, 11) is 0. The number of hydrogen-bond acceptors (Lipinski definition) is 3. The van der Waals surface area contributed by atoms with Gasteiger partial charge in [0.2, 0.25) is 5.91 Å². The number of halogens is 1. The molecule has 1 N–H and O–H groups in total. The Labute approximate surface area is 151 Å². The van der Waals surface area contributed by atoms with Gasteiger partial charge in [-0.1, -0.05) is 13.8 Å². The second kappa shape index (κ2) is 7.94. The van der Waals surface area contributed by atoms with Crippen LogP contribution in [0.1, 0.15) is 60.8 Å². The van der Waals surface area contributed by atoms with E-state index < -0.39 is 11.0 Å². The number of ether oxygens (including phenoxy) is 1. The Morgan fingerprint density at radius 3 is 2.17 bits per heavy atom. The molecule has 1 unspecified atom stereocenters. The van der Waals surface area contributed by atoms with Gasteiger partial charge < -0.3 is 15.0 Å². The molecule has 6 heteroatoms. The average Bonchev–Trinajstić information content (AvgIpc) is 2.50. The number of carbonyl (C=O) groups is 2. The molecule has 0 saturated carbocycles. The second-order valence-electron chi connectivity index (χ2n) is 8.51. The molecular formula is C18H33ClN2O3. The maximum atomic E-state index is 12.4. The molecule has 0 spiro atoms. The molecule has 1 fully saturated rings. The number of carbonyl (C=O) groups excluding carboxylic acids is 2. The molecule has 1 aliphatic heterocycles. The summed E-state index contributed by atoms with van der Waals surface area (Å²) in [5.41, 5.74) is -0.998. The highest BCUT2D eigenvalue weighted by molar-refractivity contribution is 6.19. The highest BCUT2D eigenvalue weighted by Gasteiger charge is 2.36. The van der Waals surface area contributed by atoms with Crippen molar-refractivity contribution in [3.05, 3.63) is 0 Å². The summed E-state index contributed by atoms with van der Waals surface area (Å²) >= 11 is 5.95. The quantitative estimate of drug-likeness (QED) is 0.759. The molecule has 2 amide bonds. The predicted octanol–water partition coefficient (Wildman–Crippen LogP) is 3.79. The van der Waals surface area contributed by atoms with Gasteiger partial charge in [-0.05, 0) is 52.4 Å². The van der Waals surface area contributed by atoms with Gasteiger partial charge in [0.15, 0.2) is 0 Å². The molecule has 0 aromatic heterocycles. The van der Waals surface area contributed by atoms with E-state index in [-0.39, 0.29) is 17.4 Å². The molecule has 5 nitrogen and oxygen atoms in total. The summed E-state index contributed by atoms with van der Waals surface area (Å²) in [5, 5.41) is 3.06. The fraction of sp³-hybridized carbons (Fsp3) is 0.889. The molecule has 0 aliphatic carbocycles. The Kier molecular flexibility index (Phi) is 6.97. The lowest BCUT2D eigenvalue weighted by Gasteiger charge is -2.40. The van der Waals surface area contributed by atoms with Crippen molar-refractivity contribution in [1.82, 2.24) is 10.2 Å². The molecule has 1 aliphatic rings. The summed E-state index contributed by atoms with van der Waals surface area (Å²) < 4.78 is 5.42. The summed E-state index contributed by atoms with van der Waals surface area (Å²) in [4.78, 5) is 26.2. The zero-order valence-electron chi connectivity index (χ0n) is 16.0. The van der Waals surface area contributed by atoms with Crippen molar-refractivity contribution in [2.24, 2.45) is 10.8 Å². The molecule has 1 atom stereocenters. The summed E-state index contributed by atoms with van der Waals surface area (Å²) in [6.45, 7) is 13.6. The smallest absolute Gasteiger partial charge is 0.410 e. The van der Waals surface area contributed by atoms with Crippen LogP contribution in [0.25, 0.3) is 0 Å². The van der Waals surface area contributed by atoms with Crippen LogP contribution in [0.5, 0.6) is 0 Å². The van der Waals surface area contributed by atoms with E-state index in [4.69, 9.17) is 16.3 Å². The Morgan fingerprint density at radius 1 is 1.21 bits per heavy atom. The summed E-state index contributed by atoms with van der Waals surface area (Å²) in [6, 6.07) is 0. The van der Waals surface area contributed by atoms with E-state index in [0.717, 1.165) is 12.8 Å². The first-order chi connectivity index (χ1) is 10.9. The van der Waals surface area contributed by atoms with Gasteiger partial charge in [0, 0.05) is 25.5 Å². The average molecular weight is 361 g/mol. The summed E-state index contributed by atoms with van der Waals surface area (Å²) in [6.07, 6.45) is 2.15.